The van der Waals surface area contributed by atoms with Crippen LogP contribution < -0.4 is 10.9 Å². The standard InChI is InChI=1S/C15H19BrN2O2/c1-10(9-13(19)15(2,3)4)17-18-14(20)11-5-7-12(16)8-6-11/h5-9,17H,1-4H3,(H,18,20)/b10-9+. The molecule has 0 saturated heterocycles. The molecule has 0 heterocycles. The number of carbonyl (C=O) groups excluding carboxylic acids is 2. The molecule has 1 rings (SSSR count). The second-order valence-electron chi connectivity index (χ2n) is 5.53. The van der Waals surface area contributed by atoms with Crippen molar-refractivity contribution in [2.75, 3.05) is 0 Å². The lowest BCUT2D eigenvalue weighted by Gasteiger charge is -2.15. The fourth-order valence-electron chi connectivity index (χ4n) is 1.28. The molecule has 0 aliphatic heterocycles. The predicted molar refractivity (Wildman–Crippen MR) is 83.0 cm³/mol. The molecule has 0 spiro atoms. The van der Waals surface area contributed by atoms with E-state index in [4.69, 9.17) is 0 Å². The number of amides is 1. The summed E-state index contributed by atoms with van der Waals surface area (Å²) in [4.78, 5) is 23.6. The van der Waals surface area contributed by atoms with E-state index in [0.717, 1.165) is 4.47 Å². The van der Waals surface area contributed by atoms with Crippen molar-refractivity contribution in [3.8, 4) is 0 Å². The van der Waals surface area contributed by atoms with Gasteiger partial charge in [0.25, 0.3) is 5.91 Å². The Labute approximate surface area is 127 Å². The van der Waals surface area contributed by atoms with Crippen LogP contribution in [-0.2, 0) is 4.79 Å². The van der Waals surface area contributed by atoms with Crippen LogP contribution in [0.4, 0.5) is 0 Å². The number of allylic oxidation sites excluding steroid dienone is 2. The molecule has 0 atom stereocenters. The first kappa shape index (κ1) is 16.4. The van der Waals surface area contributed by atoms with Crippen LogP contribution in [0.25, 0.3) is 0 Å². The molecule has 0 aromatic heterocycles. The highest BCUT2D eigenvalue weighted by Crippen LogP contribution is 2.15. The van der Waals surface area contributed by atoms with Crippen LogP contribution in [-0.4, -0.2) is 11.7 Å². The van der Waals surface area contributed by atoms with Gasteiger partial charge in [-0.25, -0.2) is 0 Å². The first-order chi connectivity index (χ1) is 9.20. The molecule has 0 fully saturated rings. The molecule has 4 nitrogen and oxygen atoms in total. The minimum absolute atomic E-state index is 0.000362. The lowest BCUT2D eigenvalue weighted by molar-refractivity contribution is -0.121. The fourth-order valence-corrected chi connectivity index (χ4v) is 1.54. The zero-order valence-corrected chi connectivity index (χ0v) is 13.7. The highest BCUT2D eigenvalue weighted by Gasteiger charge is 2.18. The van der Waals surface area contributed by atoms with E-state index in [0.29, 0.717) is 11.3 Å². The number of benzene rings is 1. The van der Waals surface area contributed by atoms with Crippen LogP contribution in [0.3, 0.4) is 0 Å². The Morgan fingerprint density at radius 3 is 2.15 bits per heavy atom. The smallest absolute Gasteiger partial charge is 0.269 e. The Bertz CT molecular complexity index is 528. The number of ketones is 1. The number of hydrazine groups is 1. The highest BCUT2D eigenvalue weighted by molar-refractivity contribution is 9.10. The molecule has 20 heavy (non-hydrogen) atoms. The molecule has 0 saturated carbocycles. The third-order valence-electron chi connectivity index (χ3n) is 2.57. The molecule has 1 aromatic carbocycles. The van der Waals surface area contributed by atoms with Crippen molar-refractivity contribution < 1.29 is 9.59 Å². The summed E-state index contributed by atoms with van der Waals surface area (Å²) < 4.78 is 0.911. The fraction of sp³-hybridized carbons (Fsp3) is 0.333. The van der Waals surface area contributed by atoms with Gasteiger partial charge in [-0.15, -0.1) is 0 Å². The maximum absolute atomic E-state index is 11.8. The van der Waals surface area contributed by atoms with Gasteiger partial charge in [-0.05, 0) is 31.2 Å². The van der Waals surface area contributed by atoms with Crippen molar-refractivity contribution in [2.45, 2.75) is 27.7 Å². The number of hydrogen-bond donors (Lipinski definition) is 2. The van der Waals surface area contributed by atoms with E-state index >= 15 is 0 Å². The van der Waals surface area contributed by atoms with Gasteiger partial charge in [-0.3, -0.25) is 15.0 Å². The molecule has 0 radical (unpaired) electrons. The van der Waals surface area contributed by atoms with Gasteiger partial charge >= 0.3 is 0 Å². The van der Waals surface area contributed by atoms with Gasteiger partial charge < -0.3 is 5.43 Å². The Balaban J connectivity index is 2.59. The lowest BCUT2D eigenvalue weighted by atomic mass is 9.90. The van der Waals surface area contributed by atoms with Crippen LogP contribution in [0.5, 0.6) is 0 Å². The number of hydrogen-bond acceptors (Lipinski definition) is 3. The summed E-state index contributed by atoms with van der Waals surface area (Å²) in [5, 5.41) is 0. The van der Waals surface area contributed by atoms with E-state index < -0.39 is 5.41 Å². The molecular weight excluding hydrogens is 320 g/mol. The van der Waals surface area contributed by atoms with Crippen molar-refractivity contribution in [2.24, 2.45) is 5.41 Å². The van der Waals surface area contributed by atoms with Gasteiger partial charge in [0, 0.05) is 27.2 Å². The van der Waals surface area contributed by atoms with Crippen molar-refractivity contribution in [3.63, 3.8) is 0 Å². The van der Waals surface area contributed by atoms with Crippen LogP contribution in [0.15, 0.2) is 40.5 Å². The minimum Gasteiger partial charge on any atom is -0.303 e. The normalized spacial score (nSPS) is 11.9. The van der Waals surface area contributed by atoms with Crippen molar-refractivity contribution in [1.82, 2.24) is 10.9 Å². The minimum atomic E-state index is -0.432. The molecule has 1 aromatic rings. The SMILES string of the molecule is C/C(=C\C(=O)C(C)(C)C)NNC(=O)c1ccc(Br)cc1. The first-order valence-electron chi connectivity index (χ1n) is 6.25. The van der Waals surface area contributed by atoms with E-state index in [1.165, 1.54) is 6.08 Å². The summed E-state index contributed by atoms with van der Waals surface area (Å²) in [5.41, 5.74) is 5.98. The number of carbonyl (C=O) groups is 2. The molecule has 0 aliphatic rings. The zero-order valence-electron chi connectivity index (χ0n) is 12.1. The van der Waals surface area contributed by atoms with Crippen molar-refractivity contribution >= 4 is 27.6 Å². The molecular formula is C15H19BrN2O2. The monoisotopic (exact) mass is 338 g/mol. The van der Waals surface area contributed by atoms with Crippen LogP contribution in [0.1, 0.15) is 38.1 Å². The summed E-state index contributed by atoms with van der Waals surface area (Å²) in [6.45, 7) is 7.27. The lowest BCUT2D eigenvalue weighted by Crippen LogP contribution is -2.36. The Hall–Kier alpha value is -1.62. The van der Waals surface area contributed by atoms with Gasteiger partial charge in [0.15, 0.2) is 5.78 Å². The van der Waals surface area contributed by atoms with E-state index in [1.54, 1.807) is 31.2 Å². The van der Waals surface area contributed by atoms with Gasteiger partial charge in [0.1, 0.15) is 0 Å². The molecule has 5 heteroatoms. The third kappa shape index (κ3) is 5.17. The number of nitrogens with one attached hydrogen (secondary N) is 2. The third-order valence-corrected chi connectivity index (χ3v) is 3.10. The molecule has 0 bridgehead atoms. The topological polar surface area (TPSA) is 58.2 Å². The molecule has 0 aliphatic carbocycles. The van der Waals surface area contributed by atoms with Crippen molar-refractivity contribution in [3.05, 3.63) is 46.1 Å². The molecule has 0 unspecified atom stereocenters. The van der Waals surface area contributed by atoms with Crippen LogP contribution in [0, 0.1) is 5.41 Å². The van der Waals surface area contributed by atoms with Gasteiger partial charge in [-0.1, -0.05) is 36.7 Å². The first-order valence-corrected chi connectivity index (χ1v) is 7.04. The average molecular weight is 339 g/mol. The summed E-state index contributed by atoms with van der Waals surface area (Å²) >= 11 is 3.31. The van der Waals surface area contributed by atoms with Crippen LogP contribution in [0.2, 0.25) is 0 Å². The second kappa shape index (κ2) is 6.70. The Morgan fingerprint density at radius 2 is 1.65 bits per heavy atom. The van der Waals surface area contributed by atoms with Gasteiger partial charge in [0.05, 0.1) is 0 Å². The maximum atomic E-state index is 11.8. The average Bonchev–Trinajstić information content (AvgIpc) is 2.35. The maximum Gasteiger partial charge on any atom is 0.269 e. The van der Waals surface area contributed by atoms with Crippen LogP contribution >= 0.6 is 15.9 Å². The quantitative estimate of drug-likeness (QED) is 0.654. The summed E-state index contributed by atoms with van der Waals surface area (Å²) in [6.07, 6.45) is 1.49. The second-order valence-corrected chi connectivity index (χ2v) is 6.44. The summed E-state index contributed by atoms with van der Waals surface area (Å²) in [7, 11) is 0. The Kier molecular flexibility index (Phi) is 5.51. The largest absolute Gasteiger partial charge is 0.303 e. The molecule has 1 amide bonds. The number of rotatable bonds is 4. The van der Waals surface area contributed by atoms with Gasteiger partial charge in [0.2, 0.25) is 0 Å². The zero-order chi connectivity index (χ0) is 15.3. The summed E-state index contributed by atoms with van der Waals surface area (Å²) in [6, 6.07) is 7.00. The predicted octanol–water partition coefficient (Wildman–Crippen LogP) is 3.20. The van der Waals surface area contributed by atoms with Gasteiger partial charge in [-0.2, -0.15) is 0 Å². The van der Waals surface area contributed by atoms with E-state index in [1.807, 2.05) is 20.8 Å². The number of halogens is 1. The molecule has 108 valence electrons. The van der Waals surface area contributed by atoms with Crippen molar-refractivity contribution in [1.29, 1.82) is 0 Å². The summed E-state index contributed by atoms with van der Waals surface area (Å²) in [5.74, 6) is -0.256. The van der Waals surface area contributed by atoms with E-state index in [9.17, 15) is 9.59 Å². The van der Waals surface area contributed by atoms with E-state index in [2.05, 4.69) is 26.8 Å². The Morgan fingerprint density at radius 1 is 1.10 bits per heavy atom. The molecule has 2 N–H and O–H groups in total. The van der Waals surface area contributed by atoms with E-state index in [-0.39, 0.29) is 11.7 Å². The highest BCUT2D eigenvalue weighted by atomic mass is 79.9.